The van der Waals surface area contributed by atoms with Crippen molar-refractivity contribution >= 4 is 9.84 Å². The molecule has 1 N–H and O–H groups in total. The Hall–Kier alpha value is -0.0900. The minimum atomic E-state index is -2.93. The molecule has 3 atom stereocenters. The zero-order valence-electron chi connectivity index (χ0n) is 12.3. The van der Waals surface area contributed by atoms with E-state index >= 15 is 0 Å². The van der Waals surface area contributed by atoms with Crippen LogP contribution in [-0.2, 0) is 9.84 Å². The summed E-state index contributed by atoms with van der Waals surface area (Å²) in [5.74, 6) is 1.43. The fraction of sp³-hybridized carbons (Fsp3) is 1.00. The van der Waals surface area contributed by atoms with Gasteiger partial charge in [0.15, 0.2) is 9.84 Å². The lowest BCUT2D eigenvalue weighted by molar-refractivity contribution is 0.241. The van der Waals surface area contributed by atoms with E-state index in [9.17, 15) is 8.42 Å². The molecule has 0 aromatic carbocycles. The average molecular weight is 275 g/mol. The highest BCUT2D eigenvalue weighted by Crippen LogP contribution is 2.33. The smallest absolute Gasteiger partial charge is 0.154 e. The molecule has 18 heavy (non-hydrogen) atoms. The molecule has 0 saturated heterocycles. The van der Waals surface area contributed by atoms with Gasteiger partial charge in [0.1, 0.15) is 0 Å². The third-order valence-corrected chi connectivity index (χ3v) is 6.54. The van der Waals surface area contributed by atoms with E-state index in [1.807, 2.05) is 0 Å². The van der Waals surface area contributed by atoms with E-state index in [1.54, 1.807) is 6.92 Å². The molecule has 1 aliphatic carbocycles. The normalized spacial score (nSPS) is 29.7. The Morgan fingerprint density at radius 2 is 1.89 bits per heavy atom. The zero-order chi connectivity index (χ0) is 13.8. The van der Waals surface area contributed by atoms with Gasteiger partial charge in [-0.1, -0.05) is 27.7 Å². The van der Waals surface area contributed by atoms with Gasteiger partial charge >= 0.3 is 0 Å². The Bertz CT molecular complexity index is 338. The molecule has 0 radical (unpaired) electrons. The van der Waals surface area contributed by atoms with Crippen LogP contribution in [0.4, 0.5) is 0 Å². The second-order valence-electron chi connectivity index (χ2n) is 5.87. The second kappa shape index (κ2) is 6.90. The summed E-state index contributed by atoms with van der Waals surface area (Å²) in [5, 5.41) is 3.27. The van der Waals surface area contributed by atoms with Crippen LogP contribution in [0.3, 0.4) is 0 Å². The lowest BCUT2D eigenvalue weighted by atomic mass is 9.79. The first kappa shape index (κ1) is 16.0. The number of hydrogen-bond acceptors (Lipinski definition) is 3. The highest BCUT2D eigenvalue weighted by molar-refractivity contribution is 7.92. The maximum atomic E-state index is 12.3. The van der Waals surface area contributed by atoms with Crippen molar-refractivity contribution in [1.82, 2.24) is 5.32 Å². The first-order valence-electron chi connectivity index (χ1n) is 7.37. The Labute approximate surface area is 113 Å². The summed E-state index contributed by atoms with van der Waals surface area (Å²) in [4.78, 5) is 0. The van der Waals surface area contributed by atoms with E-state index in [2.05, 4.69) is 26.1 Å². The minimum Gasteiger partial charge on any atom is -0.313 e. The molecule has 0 aliphatic heterocycles. The van der Waals surface area contributed by atoms with Gasteiger partial charge in [-0.05, 0) is 44.1 Å². The Morgan fingerprint density at radius 3 is 2.39 bits per heavy atom. The van der Waals surface area contributed by atoms with Crippen LogP contribution in [0, 0.1) is 11.8 Å². The van der Waals surface area contributed by atoms with Crippen molar-refractivity contribution in [1.29, 1.82) is 0 Å². The summed E-state index contributed by atoms with van der Waals surface area (Å²) in [6.07, 6.45) is 4.07. The third kappa shape index (κ3) is 3.95. The van der Waals surface area contributed by atoms with Gasteiger partial charge in [0, 0.05) is 11.8 Å². The Balaban J connectivity index is 2.79. The van der Waals surface area contributed by atoms with Crippen LogP contribution in [0.2, 0.25) is 0 Å². The molecule has 0 spiro atoms. The van der Waals surface area contributed by atoms with Gasteiger partial charge < -0.3 is 5.32 Å². The Kier molecular flexibility index (Phi) is 6.12. The van der Waals surface area contributed by atoms with E-state index < -0.39 is 9.84 Å². The summed E-state index contributed by atoms with van der Waals surface area (Å²) in [6.45, 7) is 9.23. The topological polar surface area (TPSA) is 46.2 Å². The largest absolute Gasteiger partial charge is 0.313 e. The molecule has 0 bridgehead atoms. The minimum absolute atomic E-state index is 0.171. The molecule has 0 aromatic rings. The molecule has 1 fully saturated rings. The van der Waals surface area contributed by atoms with Crippen LogP contribution in [0.15, 0.2) is 0 Å². The SMILES string of the molecule is CCCNC1CCC(C(C)C)CC1S(=O)(=O)CC. The van der Waals surface area contributed by atoms with Crippen LogP contribution in [-0.4, -0.2) is 32.0 Å². The second-order valence-corrected chi connectivity index (χ2v) is 8.38. The maximum Gasteiger partial charge on any atom is 0.154 e. The third-order valence-electron chi connectivity index (χ3n) is 4.30. The van der Waals surface area contributed by atoms with Crippen LogP contribution >= 0.6 is 0 Å². The molecule has 0 amide bonds. The number of nitrogens with one attached hydrogen (secondary N) is 1. The van der Waals surface area contributed by atoms with Gasteiger partial charge in [0.25, 0.3) is 0 Å². The number of rotatable bonds is 6. The van der Waals surface area contributed by atoms with Gasteiger partial charge in [0.2, 0.25) is 0 Å². The first-order chi connectivity index (χ1) is 8.42. The molecular weight excluding hydrogens is 246 g/mol. The van der Waals surface area contributed by atoms with Crippen molar-refractivity contribution in [2.45, 2.75) is 64.7 Å². The van der Waals surface area contributed by atoms with Crippen molar-refractivity contribution in [2.24, 2.45) is 11.8 Å². The average Bonchev–Trinajstić information content (AvgIpc) is 2.35. The van der Waals surface area contributed by atoms with Crippen LogP contribution in [0.5, 0.6) is 0 Å². The van der Waals surface area contributed by atoms with Gasteiger partial charge in [-0.3, -0.25) is 0 Å². The lowest BCUT2D eigenvalue weighted by Gasteiger charge is -2.37. The van der Waals surface area contributed by atoms with Crippen molar-refractivity contribution in [3.8, 4) is 0 Å². The van der Waals surface area contributed by atoms with Gasteiger partial charge in [-0.25, -0.2) is 8.42 Å². The number of hydrogen-bond donors (Lipinski definition) is 1. The molecule has 108 valence electrons. The lowest BCUT2D eigenvalue weighted by Crippen LogP contribution is -2.49. The fourth-order valence-electron chi connectivity index (χ4n) is 2.94. The van der Waals surface area contributed by atoms with E-state index in [0.717, 1.165) is 32.2 Å². The van der Waals surface area contributed by atoms with Gasteiger partial charge in [-0.15, -0.1) is 0 Å². The summed E-state index contributed by atoms with van der Waals surface area (Å²) in [7, 11) is -2.93. The number of sulfone groups is 1. The summed E-state index contributed by atoms with van der Waals surface area (Å²) < 4.78 is 24.5. The van der Waals surface area contributed by atoms with Crippen molar-refractivity contribution < 1.29 is 8.42 Å². The van der Waals surface area contributed by atoms with Crippen LogP contribution < -0.4 is 5.32 Å². The van der Waals surface area contributed by atoms with Gasteiger partial charge in [-0.2, -0.15) is 0 Å². The molecule has 1 rings (SSSR count). The Morgan fingerprint density at radius 1 is 1.22 bits per heavy atom. The molecule has 4 heteroatoms. The summed E-state index contributed by atoms with van der Waals surface area (Å²) in [5.41, 5.74) is 0. The van der Waals surface area contributed by atoms with Crippen molar-refractivity contribution in [2.75, 3.05) is 12.3 Å². The predicted octanol–water partition coefficient (Wildman–Crippen LogP) is 2.61. The molecule has 3 nitrogen and oxygen atoms in total. The molecule has 1 aliphatic rings. The van der Waals surface area contributed by atoms with Crippen molar-refractivity contribution in [3.63, 3.8) is 0 Å². The summed E-state index contributed by atoms with van der Waals surface area (Å²) >= 11 is 0. The molecule has 3 unspecified atom stereocenters. The monoisotopic (exact) mass is 275 g/mol. The first-order valence-corrected chi connectivity index (χ1v) is 9.08. The van der Waals surface area contributed by atoms with E-state index in [-0.39, 0.29) is 17.0 Å². The van der Waals surface area contributed by atoms with E-state index in [4.69, 9.17) is 0 Å². The molecule has 1 saturated carbocycles. The highest BCUT2D eigenvalue weighted by Gasteiger charge is 2.38. The fourth-order valence-corrected chi connectivity index (χ4v) is 4.64. The zero-order valence-corrected chi connectivity index (χ0v) is 13.1. The maximum absolute atomic E-state index is 12.3. The van der Waals surface area contributed by atoms with E-state index in [0.29, 0.717) is 11.8 Å². The van der Waals surface area contributed by atoms with Crippen LogP contribution in [0.25, 0.3) is 0 Å². The van der Waals surface area contributed by atoms with Gasteiger partial charge in [0.05, 0.1) is 5.25 Å². The van der Waals surface area contributed by atoms with E-state index in [1.165, 1.54) is 0 Å². The standard InChI is InChI=1S/C14H29NO2S/c1-5-9-15-13-8-7-12(11(3)4)10-14(13)18(16,17)6-2/h11-15H,5-10H2,1-4H3. The highest BCUT2D eigenvalue weighted by atomic mass is 32.2. The predicted molar refractivity (Wildman–Crippen MR) is 77.5 cm³/mol. The van der Waals surface area contributed by atoms with Crippen LogP contribution in [0.1, 0.15) is 53.4 Å². The quantitative estimate of drug-likeness (QED) is 0.810. The molecule has 0 aromatic heterocycles. The molecule has 0 heterocycles. The van der Waals surface area contributed by atoms with Crippen molar-refractivity contribution in [3.05, 3.63) is 0 Å². The summed E-state index contributed by atoms with van der Waals surface area (Å²) in [6, 6.07) is 0.171. The molecular formula is C14H29NO2S.